The van der Waals surface area contributed by atoms with Crippen molar-refractivity contribution in [3.8, 4) is 5.75 Å². The SMILES string of the molecule is ON(Oc1ccccc1)C1CCCC1. The van der Waals surface area contributed by atoms with Crippen molar-refractivity contribution < 1.29 is 10.0 Å². The summed E-state index contributed by atoms with van der Waals surface area (Å²) < 4.78 is 0. The van der Waals surface area contributed by atoms with Gasteiger partial charge in [-0.2, -0.15) is 0 Å². The lowest BCUT2D eigenvalue weighted by Crippen LogP contribution is -2.32. The highest BCUT2D eigenvalue weighted by Crippen LogP contribution is 2.23. The van der Waals surface area contributed by atoms with E-state index in [4.69, 9.17) is 4.84 Å². The Balaban J connectivity index is 1.90. The molecule has 1 saturated carbocycles. The zero-order valence-electron chi connectivity index (χ0n) is 8.10. The Morgan fingerprint density at radius 2 is 1.79 bits per heavy atom. The van der Waals surface area contributed by atoms with Crippen LogP contribution < -0.4 is 4.84 Å². The molecule has 76 valence electrons. The molecule has 0 unspecified atom stereocenters. The normalized spacial score (nSPS) is 17.6. The molecule has 0 bridgehead atoms. The first-order chi connectivity index (χ1) is 6.86. The summed E-state index contributed by atoms with van der Waals surface area (Å²) in [5, 5.41) is 10.6. The minimum absolute atomic E-state index is 0.162. The Morgan fingerprint density at radius 3 is 2.43 bits per heavy atom. The minimum atomic E-state index is 0.162. The van der Waals surface area contributed by atoms with Gasteiger partial charge in [-0.1, -0.05) is 31.0 Å². The Bertz CT molecular complexity index is 270. The van der Waals surface area contributed by atoms with Crippen LogP contribution in [-0.4, -0.2) is 16.5 Å². The van der Waals surface area contributed by atoms with Crippen molar-refractivity contribution in [1.82, 2.24) is 5.23 Å². The molecule has 3 nitrogen and oxygen atoms in total. The summed E-state index contributed by atoms with van der Waals surface area (Å²) in [5.74, 6) is 0.682. The molecular weight excluding hydrogens is 178 g/mol. The third kappa shape index (κ3) is 2.25. The second-order valence-electron chi connectivity index (χ2n) is 3.65. The van der Waals surface area contributed by atoms with Gasteiger partial charge in [-0.3, -0.25) is 5.21 Å². The van der Waals surface area contributed by atoms with Crippen molar-refractivity contribution in [2.45, 2.75) is 31.7 Å². The van der Waals surface area contributed by atoms with Gasteiger partial charge in [0.05, 0.1) is 6.04 Å². The number of hydroxylamine groups is 2. The molecule has 0 aromatic heterocycles. The lowest BCUT2D eigenvalue weighted by molar-refractivity contribution is -0.306. The third-order valence-corrected chi connectivity index (χ3v) is 2.58. The van der Waals surface area contributed by atoms with E-state index < -0.39 is 0 Å². The van der Waals surface area contributed by atoms with Crippen molar-refractivity contribution in [2.75, 3.05) is 0 Å². The van der Waals surface area contributed by atoms with E-state index in [0.717, 1.165) is 18.1 Å². The van der Waals surface area contributed by atoms with Gasteiger partial charge in [0.15, 0.2) is 5.75 Å². The van der Waals surface area contributed by atoms with Gasteiger partial charge in [0.25, 0.3) is 0 Å². The predicted octanol–water partition coefficient (Wildman–Crippen LogP) is 2.61. The first-order valence-corrected chi connectivity index (χ1v) is 5.07. The fraction of sp³-hybridized carbons (Fsp3) is 0.455. The number of nitrogens with zero attached hydrogens (tertiary/aromatic N) is 1. The molecule has 0 amide bonds. The van der Waals surface area contributed by atoms with Crippen molar-refractivity contribution in [3.05, 3.63) is 30.3 Å². The second-order valence-corrected chi connectivity index (χ2v) is 3.65. The fourth-order valence-corrected chi connectivity index (χ4v) is 1.79. The second kappa shape index (κ2) is 4.44. The minimum Gasteiger partial charge on any atom is -0.380 e. The van der Waals surface area contributed by atoms with Crippen LogP contribution >= 0.6 is 0 Å². The number of rotatable bonds is 3. The van der Waals surface area contributed by atoms with Crippen LogP contribution in [0.2, 0.25) is 0 Å². The summed E-state index contributed by atoms with van der Waals surface area (Å²) in [7, 11) is 0. The van der Waals surface area contributed by atoms with Crippen LogP contribution in [0.25, 0.3) is 0 Å². The van der Waals surface area contributed by atoms with Crippen molar-refractivity contribution in [3.63, 3.8) is 0 Å². The van der Waals surface area contributed by atoms with Crippen molar-refractivity contribution in [1.29, 1.82) is 0 Å². The standard InChI is InChI=1S/C11H15NO2/c13-12(10-6-4-5-7-10)14-11-8-2-1-3-9-11/h1-3,8-10,13H,4-7H2. The Labute approximate surface area is 83.8 Å². The van der Waals surface area contributed by atoms with Gasteiger partial charge in [-0.25, -0.2) is 0 Å². The summed E-state index contributed by atoms with van der Waals surface area (Å²) in [5.41, 5.74) is 0. The third-order valence-electron chi connectivity index (χ3n) is 2.58. The van der Waals surface area contributed by atoms with Crippen LogP contribution in [0.4, 0.5) is 0 Å². The van der Waals surface area contributed by atoms with E-state index in [0.29, 0.717) is 5.75 Å². The summed E-state index contributed by atoms with van der Waals surface area (Å²) in [6, 6.07) is 9.52. The Kier molecular flexibility index (Phi) is 3.01. The molecule has 1 aliphatic rings. The number of benzene rings is 1. The van der Waals surface area contributed by atoms with Crippen LogP contribution in [0, 0.1) is 0 Å². The van der Waals surface area contributed by atoms with Gasteiger partial charge >= 0.3 is 0 Å². The van der Waals surface area contributed by atoms with Gasteiger partial charge in [-0.15, -0.1) is 0 Å². The maximum Gasteiger partial charge on any atom is 0.150 e. The number of hydrogen-bond acceptors (Lipinski definition) is 3. The fourth-order valence-electron chi connectivity index (χ4n) is 1.79. The summed E-state index contributed by atoms with van der Waals surface area (Å²) in [6.07, 6.45) is 4.40. The molecule has 1 aromatic carbocycles. The molecule has 0 saturated heterocycles. The molecule has 3 heteroatoms. The molecule has 0 heterocycles. The van der Waals surface area contributed by atoms with E-state index in [1.807, 2.05) is 30.3 Å². The molecule has 1 aromatic rings. The molecule has 1 fully saturated rings. The molecule has 1 N–H and O–H groups in total. The van der Waals surface area contributed by atoms with Crippen LogP contribution in [0.3, 0.4) is 0 Å². The van der Waals surface area contributed by atoms with E-state index in [2.05, 4.69) is 0 Å². The van der Waals surface area contributed by atoms with E-state index in [9.17, 15) is 5.21 Å². The van der Waals surface area contributed by atoms with Crippen LogP contribution in [0.5, 0.6) is 5.75 Å². The lowest BCUT2D eigenvalue weighted by Gasteiger charge is -2.20. The largest absolute Gasteiger partial charge is 0.380 e. The zero-order valence-corrected chi connectivity index (χ0v) is 8.10. The number of para-hydroxylation sites is 1. The van der Waals surface area contributed by atoms with Gasteiger partial charge in [0.2, 0.25) is 0 Å². The average molecular weight is 193 g/mol. The highest BCUT2D eigenvalue weighted by Gasteiger charge is 2.22. The smallest absolute Gasteiger partial charge is 0.150 e. The molecule has 0 atom stereocenters. The van der Waals surface area contributed by atoms with Gasteiger partial charge < -0.3 is 4.84 Å². The molecule has 0 aliphatic heterocycles. The molecule has 0 radical (unpaired) electrons. The predicted molar refractivity (Wildman–Crippen MR) is 53.0 cm³/mol. The lowest BCUT2D eigenvalue weighted by atomic mass is 10.3. The summed E-state index contributed by atoms with van der Waals surface area (Å²) >= 11 is 0. The monoisotopic (exact) mass is 193 g/mol. The Morgan fingerprint density at radius 1 is 1.14 bits per heavy atom. The zero-order chi connectivity index (χ0) is 9.80. The van der Waals surface area contributed by atoms with E-state index in [-0.39, 0.29) is 6.04 Å². The Hall–Kier alpha value is -1.06. The van der Waals surface area contributed by atoms with Crippen LogP contribution in [0.15, 0.2) is 30.3 Å². The van der Waals surface area contributed by atoms with Gasteiger partial charge in [0, 0.05) is 0 Å². The highest BCUT2D eigenvalue weighted by molar-refractivity contribution is 5.20. The van der Waals surface area contributed by atoms with E-state index in [1.54, 1.807) is 0 Å². The summed E-state index contributed by atoms with van der Waals surface area (Å²) in [6.45, 7) is 0. The molecular formula is C11H15NO2. The highest BCUT2D eigenvalue weighted by atomic mass is 16.9. The van der Waals surface area contributed by atoms with Crippen molar-refractivity contribution in [2.24, 2.45) is 0 Å². The maximum atomic E-state index is 9.61. The maximum absolute atomic E-state index is 9.61. The van der Waals surface area contributed by atoms with Gasteiger partial charge in [-0.05, 0) is 30.2 Å². The summed E-state index contributed by atoms with van der Waals surface area (Å²) in [4.78, 5) is 5.29. The topological polar surface area (TPSA) is 32.7 Å². The molecule has 1 aliphatic carbocycles. The van der Waals surface area contributed by atoms with E-state index in [1.165, 1.54) is 12.8 Å². The quantitative estimate of drug-likeness (QED) is 0.749. The number of hydrogen-bond donors (Lipinski definition) is 1. The van der Waals surface area contributed by atoms with E-state index >= 15 is 0 Å². The molecule has 0 spiro atoms. The first-order valence-electron chi connectivity index (χ1n) is 5.07. The van der Waals surface area contributed by atoms with Crippen molar-refractivity contribution >= 4 is 0 Å². The molecule has 14 heavy (non-hydrogen) atoms. The molecule has 2 rings (SSSR count). The van der Waals surface area contributed by atoms with Gasteiger partial charge in [0.1, 0.15) is 0 Å². The van der Waals surface area contributed by atoms with Crippen LogP contribution in [0.1, 0.15) is 25.7 Å². The first kappa shape index (κ1) is 9.49. The average Bonchev–Trinajstić information content (AvgIpc) is 2.72. The van der Waals surface area contributed by atoms with Crippen LogP contribution in [-0.2, 0) is 0 Å².